The first-order valence-corrected chi connectivity index (χ1v) is 15.0. The minimum absolute atomic E-state index is 0.197. The molecule has 4 heteroatoms. The zero-order valence-corrected chi connectivity index (χ0v) is 24.0. The average molecular weight is 546 g/mol. The summed E-state index contributed by atoms with van der Waals surface area (Å²) < 4.78 is 4.46. The second-order valence-corrected chi connectivity index (χ2v) is 11.8. The van der Waals surface area contributed by atoms with E-state index in [1.807, 2.05) is 10.9 Å². The van der Waals surface area contributed by atoms with Gasteiger partial charge in [0.05, 0.1) is 22.9 Å². The lowest BCUT2D eigenvalue weighted by molar-refractivity contribution is -0.735. The van der Waals surface area contributed by atoms with Gasteiger partial charge in [0.1, 0.15) is 5.69 Å². The van der Waals surface area contributed by atoms with Gasteiger partial charge in [-0.1, -0.05) is 97.9 Å². The number of hydrogen-bond acceptors (Lipinski definition) is 2. The van der Waals surface area contributed by atoms with Gasteiger partial charge in [0.25, 0.3) is 0 Å². The van der Waals surface area contributed by atoms with Crippen molar-refractivity contribution in [1.82, 2.24) is 15.0 Å². The van der Waals surface area contributed by atoms with Gasteiger partial charge in [-0.3, -0.25) is 0 Å². The molecular weight excluding hydrogens is 512 g/mol. The summed E-state index contributed by atoms with van der Waals surface area (Å²) in [5, 5.41) is 9.11. The van der Waals surface area contributed by atoms with E-state index in [1.54, 1.807) is 0 Å². The third-order valence-electron chi connectivity index (χ3n) is 9.91. The molecule has 2 aromatic heterocycles. The molecule has 0 saturated heterocycles. The highest BCUT2D eigenvalue weighted by Crippen LogP contribution is 2.67. The van der Waals surface area contributed by atoms with Crippen LogP contribution in [0, 0.1) is 0 Å². The Kier molecular flexibility index (Phi) is 5.55. The summed E-state index contributed by atoms with van der Waals surface area (Å²) in [5.41, 5.74) is 12.3. The van der Waals surface area contributed by atoms with Gasteiger partial charge in [0, 0.05) is 30.5 Å². The van der Waals surface area contributed by atoms with Crippen LogP contribution in [0.2, 0.25) is 0 Å². The van der Waals surface area contributed by atoms with Crippen LogP contribution in [0.3, 0.4) is 0 Å². The summed E-state index contributed by atoms with van der Waals surface area (Å²) >= 11 is 0. The van der Waals surface area contributed by atoms with Gasteiger partial charge >= 0.3 is 0 Å². The Morgan fingerprint density at radius 3 is 2.17 bits per heavy atom. The highest BCUT2D eigenvalue weighted by atomic mass is 15.4. The summed E-state index contributed by atoms with van der Waals surface area (Å²) in [6.07, 6.45) is 7.82. The van der Waals surface area contributed by atoms with Gasteiger partial charge in [-0.25, -0.2) is 4.68 Å². The normalized spacial score (nSPS) is 20.0. The summed E-state index contributed by atoms with van der Waals surface area (Å²) in [4.78, 5) is 0. The molecule has 1 saturated carbocycles. The third-order valence-corrected chi connectivity index (χ3v) is 9.91. The van der Waals surface area contributed by atoms with Crippen LogP contribution >= 0.6 is 0 Å². The molecule has 2 unspecified atom stereocenters. The minimum Gasteiger partial charge on any atom is -0.220 e. The highest BCUT2D eigenvalue weighted by Gasteiger charge is 2.76. The predicted octanol–water partition coefficient (Wildman–Crippen LogP) is 8.39. The Morgan fingerprint density at radius 2 is 1.40 bits per heavy atom. The van der Waals surface area contributed by atoms with Gasteiger partial charge in [-0.05, 0) is 58.5 Å². The van der Waals surface area contributed by atoms with Crippen LogP contribution in [0.1, 0.15) is 38.7 Å². The van der Waals surface area contributed by atoms with Crippen LogP contribution < -0.4 is 4.57 Å². The van der Waals surface area contributed by atoms with Gasteiger partial charge in [-0.2, -0.15) is 4.57 Å². The zero-order chi connectivity index (χ0) is 28.3. The maximum absolute atomic E-state index is 4.56. The first kappa shape index (κ1) is 24.9. The molecule has 204 valence electrons. The molecular formula is C38H33N4+. The first-order chi connectivity index (χ1) is 20.7. The molecule has 0 radical (unpaired) electrons. The first-order valence-electron chi connectivity index (χ1n) is 15.0. The Balaban J connectivity index is 1.10. The number of rotatable bonds is 6. The van der Waals surface area contributed by atoms with Crippen molar-refractivity contribution < 1.29 is 4.57 Å². The molecule has 0 amide bonds. The van der Waals surface area contributed by atoms with Crippen molar-refractivity contribution in [2.75, 3.05) is 0 Å². The van der Waals surface area contributed by atoms with Crippen LogP contribution in [-0.4, -0.2) is 15.0 Å². The van der Waals surface area contributed by atoms with E-state index < -0.39 is 0 Å². The van der Waals surface area contributed by atoms with E-state index in [-0.39, 0.29) is 11.0 Å². The third kappa shape index (κ3) is 3.58. The van der Waals surface area contributed by atoms with E-state index in [1.165, 1.54) is 45.5 Å². The second-order valence-electron chi connectivity index (χ2n) is 11.8. The van der Waals surface area contributed by atoms with E-state index in [0.29, 0.717) is 0 Å². The monoisotopic (exact) mass is 545 g/mol. The number of pyridine rings is 1. The summed E-state index contributed by atoms with van der Waals surface area (Å²) in [6.45, 7) is 4.68. The Labute approximate surface area is 246 Å². The highest BCUT2D eigenvalue weighted by molar-refractivity contribution is 5.75. The topological polar surface area (TPSA) is 34.6 Å². The number of hydrogen-bond donors (Lipinski definition) is 0. The van der Waals surface area contributed by atoms with Crippen molar-refractivity contribution in [3.8, 4) is 50.5 Å². The lowest BCUT2D eigenvalue weighted by Gasteiger charge is -2.28. The summed E-state index contributed by atoms with van der Waals surface area (Å²) in [6, 6.07) is 41.3. The van der Waals surface area contributed by atoms with Crippen LogP contribution in [-0.2, 0) is 11.0 Å². The number of benzene rings is 4. The number of fused-ring (bicyclic) bond motifs is 6. The van der Waals surface area contributed by atoms with Gasteiger partial charge in [0.15, 0.2) is 11.7 Å². The molecule has 8 rings (SSSR count). The fraction of sp³-hybridized carbons (Fsp3) is 0.184. The molecule has 1 fully saturated rings. The average Bonchev–Trinajstić information content (AvgIpc) is 3.53. The van der Waals surface area contributed by atoms with Crippen molar-refractivity contribution in [3.63, 3.8) is 0 Å². The van der Waals surface area contributed by atoms with Gasteiger partial charge < -0.3 is 0 Å². The van der Waals surface area contributed by atoms with E-state index in [2.05, 4.69) is 150 Å². The van der Waals surface area contributed by atoms with Gasteiger partial charge in [-0.15, -0.1) is 5.10 Å². The van der Waals surface area contributed by atoms with E-state index >= 15 is 0 Å². The molecule has 0 bridgehead atoms. The molecule has 3 heterocycles. The molecule has 1 aliphatic heterocycles. The van der Waals surface area contributed by atoms with E-state index in [9.17, 15) is 0 Å². The van der Waals surface area contributed by atoms with Crippen molar-refractivity contribution in [3.05, 3.63) is 133 Å². The minimum atomic E-state index is 0.197. The van der Waals surface area contributed by atoms with Crippen molar-refractivity contribution in [1.29, 1.82) is 0 Å². The Morgan fingerprint density at radius 1 is 0.690 bits per heavy atom. The molecule has 4 nitrogen and oxygen atoms in total. The molecule has 6 aromatic rings. The maximum Gasteiger partial charge on any atom is 0.213 e. The standard InChI is InChI=1S/C38H33N4/c1-3-37-26-38(37,4-2)41-22-9-8-15-36(41)33-24-32(20-21-34(33)37)42-25-35(39-40-42)29-18-16-28(17-19-29)31-14-10-13-30(23-31)27-11-6-5-7-12-27/h5-25H,3-4,26H2,1-2H3/q+1. The largest absolute Gasteiger partial charge is 0.220 e. The molecule has 4 aromatic carbocycles. The molecule has 2 aliphatic rings. The molecule has 1 aliphatic carbocycles. The molecule has 42 heavy (non-hydrogen) atoms. The van der Waals surface area contributed by atoms with Crippen molar-refractivity contribution in [2.45, 2.75) is 44.1 Å². The lowest BCUT2D eigenvalue weighted by atomic mass is 9.79. The van der Waals surface area contributed by atoms with Crippen LogP contribution in [0.25, 0.3) is 50.5 Å². The van der Waals surface area contributed by atoms with E-state index in [4.69, 9.17) is 0 Å². The predicted molar refractivity (Wildman–Crippen MR) is 168 cm³/mol. The molecule has 0 spiro atoms. The lowest BCUT2D eigenvalue weighted by Crippen LogP contribution is -2.54. The number of nitrogens with zero attached hydrogens (tertiary/aromatic N) is 4. The summed E-state index contributed by atoms with van der Waals surface area (Å²) in [7, 11) is 0. The maximum atomic E-state index is 4.56. The fourth-order valence-electron chi connectivity index (χ4n) is 7.60. The number of aromatic nitrogens is 4. The zero-order valence-electron chi connectivity index (χ0n) is 24.0. The fourth-order valence-corrected chi connectivity index (χ4v) is 7.60. The van der Waals surface area contributed by atoms with Crippen LogP contribution in [0.5, 0.6) is 0 Å². The Hall–Kier alpha value is -4.83. The van der Waals surface area contributed by atoms with Gasteiger partial charge in [0.2, 0.25) is 5.69 Å². The smallest absolute Gasteiger partial charge is 0.213 e. The van der Waals surface area contributed by atoms with E-state index in [0.717, 1.165) is 29.8 Å². The quantitative estimate of drug-likeness (QED) is 0.197. The SMILES string of the molecule is CCC12CC1(CC)[n+]1ccccc1-c1cc(-n3cc(-c4ccc(-c5cccc(-c6ccccc6)c5)cc4)nn3)ccc12. The van der Waals surface area contributed by atoms with Crippen LogP contribution in [0.4, 0.5) is 0 Å². The second kappa shape index (κ2) is 9.35. The van der Waals surface area contributed by atoms with Crippen LogP contribution in [0.15, 0.2) is 128 Å². The van der Waals surface area contributed by atoms with Crippen molar-refractivity contribution in [2.24, 2.45) is 0 Å². The molecule has 2 atom stereocenters. The van der Waals surface area contributed by atoms with Crippen molar-refractivity contribution >= 4 is 0 Å². The molecule has 0 N–H and O–H groups in total. The Bertz CT molecular complexity index is 1940. The summed E-state index contributed by atoms with van der Waals surface area (Å²) in [5.74, 6) is 0.